The van der Waals surface area contributed by atoms with Crippen LogP contribution in [0.3, 0.4) is 0 Å². The summed E-state index contributed by atoms with van der Waals surface area (Å²) < 4.78 is 33.3. The van der Waals surface area contributed by atoms with E-state index < -0.39 is 6.61 Å². The van der Waals surface area contributed by atoms with Crippen molar-refractivity contribution in [2.45, 2.75) is 32.9 Å². The molecule has 1 aromatic heterocycles. The van der Waals surface area contributed by atoms with Crippen LogP contribution < -0.4 is 10.1 Å². The van der Waals surface area contributed by atoms with Crippen LogP contribution in [-0.4, -0.2) is 17.7 Å². The molecule has 0 aliphatic heterocycles. The third kappa shape index (κ3) is 4.66. The second-order valence-corrected chi connectivity index (χ2v) is 5.28. The van der Waals surface area contributed by atoms with Gasteiger partial charge in [0.15, 0.2) is 0 Å². The lowest BCUT2D eigenvalue weighted by atomic mass is 10.1. The predicted octanol–water partition coefficient (Wildman–Crippen LogP) is 3.66. The van der Waals surface area contributed by atoms with Crippen LogP contribution in [0, 0.1) is 6.92 Å². The SMILES string of the molecule is Cc1noc(Cl)c1CC(=O)NC(C)c1ccc(OC(F)F)cc1. The van der Waals surface area contributed by atoms with Gasteiger partial charge in [-0.1, -0.05) is 17.3 Å². The topological polar surface area (TPSA) is 64.4 Å². The maximum atomic E-state index is 12.1. The van der Waals surface area contributed by atoms with Gasteiger partial charge in [0, 0.05) is 5.56 Å². The number of nitrogens with zero attached hydrogens (tertiary/aromatic N) is 1. The number of ether oxygens (including phenoxy) is 1. The van der Waals surface area contributed by atoms with Crippen LogP contribution in [0.25, 0.3) is 0 Å². The summed E-state index contributed by atoms with van der Waals surface area (Å²) in [7, 11) is 0. The summed E-state index contributed by atoms with van der Waals surface area (Å²) in [5.74, 6) is -0.187. The molecule has 0 saturated carbocycles. The Morgan fingerprint density at radius 2 is 2.04 bits per heavy atom. The number of halogens is 3. The van der Waals surface area contributed by atoms with Gasteiger partial charge in [-0.15, -0.1) is 0 Å². The fourth-order valence-electron chi connectivity index (χ4n) is 2.03. The smallest absolute Gasteiger partial charge is 0.387 e. The quantitative estimate of drug-likeness (QED) is 0.868. The summed E-state index contributed by atoms with van der Waals surface area (Å²) in [6.07, 6.45) is 0.0467. The minimum Gasteiger partial charge on any atom is -0.435 e. The fourth-order valence-corrected chi connectivity index (χ4v) is 2.27. The predicted molar refractivity (Wildman–Crippen MR) is 79.6 cm³/mol. The van der Waals surface area contributed by atoms with E-state index in [1.807, 2.05) is 0 Å². The number of hydrogen-bond acceptors (Lipinski definition) is 4. The Balaban J connectivity index is 1.95. The van der Waals surface area contributed by atoms with Gasteiger partial charge in [-0.05, 0) is 43.1 Å². The van der Waals surface area contributed by atoms with Gasteiger partial charge in [0.05, 0.1) is 18.2 Å². The van der Waals surface area contributed by atoms with Crippen molar-refractivity contribution in [3.63, 3.8) is 0 Å². The van der Waals surface area contributed by atoms with Crippen molar-refractivity contribution < 1.29 is 22.8 Å². The van der Waals surface area contributed by atoms with E-state index in [0.717, 1.165) is 5.56 Å². The molecule has 1 amide bonds. The first-order valence-electron chi connectivity index (χ1n) is 6.81. The van der Waals surface area contributed by atoms with Gasteiger partial charge in [0.25, 0.3) is 0 Å². The average Bonchev–Trinajstić information content (AvgIpc) is 2.79. The number of aromatic nitrogens is 1. The molecule has 1 atom stereocenters. The average molecular weight is 345 g/mol. The normalized spacial score (nSPS) is 12.3. The van der Waals surface area contributed by atoms with Gasteiger partial charge in [-0.2, -0.15) is 8.78 Å². The highest BCUT2D eigenvalue weighted by atomic mass is 35.5. The van der Waals surface area contributed by atoms with E-state index in [4.69, 9.17) is 16.1 Å². The number of aryl methyl sites for hydroxylation is 1. The molecule has 0 aliphatic rings. The van der Waals surface area contributed by atoms with E-state index in [2.05, 4.69) is 15.2 Å². The minimum atomic E-state index is -2.87. The first-order chi connectivity index (χ1) is 10.9. The second kappa shape index (κ2) is 7.41. The lowest BCUT2D eigenvalue weighted by Crippen LogP contribution is -2.28. The molecule has 2 rings (SSSR count). The molecule has 0 saturated heterocycles. The number of alkyl halides is 2. The van der Waals surface area contributed by atoms with Crippen molar-refractivity contribution in [2.24, 2.45) is 0 Å². The van der Waals surface area contributed by atoms with Crippen LogP contribution in [0.2, 0.25) is 5.22 Å². The summed E-state index contributed by atoms with van der Waals surface area (Å²) in [5.41, 5.74) is 1.86. The zero-order valence-corrected chi connectivity index (χ0v) is 13.2. The van der Waals surface area contributed by atoms with Crippen LogP contribution in [0.1, 0.15) is 29.8 Å². The first-order valence-corrected chi connectivity index (χ1v) is 7.19. The molecule has 23 heavy (non-hydrogen) atoms. The molecular weight excluding hydrogens is 330 g/mol. The number of nitrogens with one attached hydrogen (secondary N) is 1. The summed E-state index contributed by atoms with van der Waals surface area (Å²) >= 11 is 5.82. The lowest BCUT2D eigenvalue weighted by molar-refractivity contribution is -0.121. The summed E-state index contributed by atoms with van der Waals surface area (Å²) in [5, 5.41) is 6.57. The molecule has 8 heteroatoms. The second-order valence-electron chi connectivity index (χ2n) is 4.93. The molecule has 5 nitrogen and oxygen atoms in total. The number of rotatable bonds is 6. The van der Waals surface area contributed by atoms with Crippen molar-refractivity contribution in [1.82, 2.24) is 10.5 Å². The van der Waals surface area contributed by atoms with Crippen LogP contribution in [-0.2, 0) is 11.2 Å². The number of benzene rings is 1. The highest BCUT2D eigenvalue weighted by Crippen LogP contribution is 2.21. The molecule has 0 radical (unpaired) electrons. The van der Waals surface area contributed by atoms with Crippen LogP contribution in [0.4, 0.5) is 8.78 Å². The minimum absolute atomic E-state index is 0.0467. The van der Waals surface area contributed by atoms with Crippen molar-refractivity contribution in [1.29, 1.82) is 0 Å². The van der Waals surface area contributed by atoms with Crippen LogP contribution in [0.15, 0.2) is 28.8 Å². The molecule has 0 bridgehead atoms. The Hall–Kier alpha value is -2.15. The number of hydrogen-bond donors (Lipinski definition) is 1. The van der Waals surface area contributed by atoms with Gasteiger partial charge in [-0.3, -0.25) is 4.79 Å². The molecule has 1 N–H and O–H groups in total. The standard InChI is InChI=1S/C15H15ClF2N2O3/c1-8(10-3-5-11(6-4-10)22-15(17)18)19-13(21)7-12-9(2)20-23-14(12)16/h3-6,8,15H,7H2,1-2H3,(H,19,21). The zero-order valence-electron chi connectivity index (χ0n) is 12.5. The van der Waals surface area contributed by atoms with Gasteiger partial charge < -0.3 is 14.6 Å². The van der Waals surface area contributed by atoms with Crippen molar-refractivity contribution in [3.8, 4) is 5.75 Å². The van der Waals surface area contributed by atoms with Crippen LogP contribution >= 0.6 is 11.6 Å². The fraction of sp³-hybridized carbons (Fsp3) is 0.333. The molecule has 1 unspecified atom stereocenters. The summed E-state index contributed by atoms with van der Waals surface area (Å²) in [6.45, 7) is 0.612. The number of amides is 1. The molecule has 1 heterocycles. The molecular formula is C15H15ClF2N2O3. The summed E-state index contributed by atoms with van der Waals surface area (Å²) in [4.78, 5) is 12.0. The van der Waals surface area contributed by atoms with E-state index in [9.17, 15) is 13.6 Å². The molecule has 124 valence electrons. The Kier molecular flexibility index (Phi) is 5.54. The molecule has 0 aliphatic carbocycles. The van der Waals surface area contributed by atoms with E-state index in [-0.39, 0.29) is 29.3 Å². The van der Waals surface area contributed by atoms with E-state index in [0.29, 0.717) is 11.3 Å². The lowest BCUT2D eigenvalue weighted by Gasteiger charge is -2.15. The van der Waals surface area contributed by atoms with E-state index in [1.54, 1.807) is 26.0 Å². The first kappa shape index (κ1) is 17.2. The Morgan fingerprint density at radius 3 is 2.57 bits per heavy atom. The molecule has 2 aromatic rings. The van der Waals surface area contributed by atoms with Gasteiger partial charge >= 0.3 is 6.61 Å². The number of carbonyl (C=O) groups is 1. The zero-order chi connectivity index (χ0) is 17.0. The largest absolute Gasteiger partial charge is 0.435 e. The maximum absolute atomic E-state index is 12.1. The third-order valence-electron chi connectivity index (χ3n) is 3.26. The maximum Gasteiger partial charge on any atom is 0.387 e. The Labute approximate surface area is 136 Å². The summed E-state index contributed by atoms with van der Waals surface area (Å²) in [6, 6.07) is 5.76. The van der Waals surface area contributed by atoms with E-state index in [1.165, 1.54) is 12.1 Å². The highest BCUT2D eigenvalue weighted by molar-refractivity contribution is 6.29. The van der Waals surface area contributed by atoms with Crippen molar-refractivity contribution in [2.75, 3.05) is 0 Å². The Bertz CT molecular complexity index is 654. The molecule has 1 aromatic carbocycles. The van der Waals surface area contributed by atoms with E-state index >= 15 is 0 Å². The molecule has 0 fully saturated rings. The molecule has 0 spiro atoms. The highest BCUT2D eigenvalue weighted by Gasteiger charge is 2.17. The monoisotopic (exact) mass is 344 g/mol. The van der Waals surface area contributed by atoms with Crippen LogP contribution in [0.5, 0.6) is 5.75 Å². The third-order valence-corrected chi connectivity index (χ3v) is 3.55. The van der Waals surface area contributed by atoms with Gasteiger partial charge in [0.2, 0.25) is 11.1 Å². The van der Waals surface area contributed by atoms with Crippen molar-refractivity contribution >= 4 is 17.5 Å². The van der Waals surface area contributed by atoms with Gasteiger partial charge in [0.1, 0.15) is 5.75 Å². The van der Waals surface area contributed by atoms with Gasteiger partial charge in [-0.25, -0.2) is 0 Å². The Morgan fingerprint density at radius 1 is 1.39 bits per heavy atom. The number of carbonyl (C=O) groups excluding carboxylic acids is 1. The van der Waals surface area contributed by atoms with Crippen molar-refractivity contribution in [3.05, 3.63) is 46.3 Å².